The van der Waals surface area contributed by atoms with Gasteiger partial charge in [-0.1, -0.05) is 59.6 Å². The second-order valence-corrected chi connectivity index (χ2v) is 11.4. The van der Waals surface area contributed by atoms with Crippen molar-refractivity contribution in [2.45, 2.75) is 32.0 Å². The van der Waals surface area contributed by atoms with E-state index in [9.17, 15) is 9.90 Å². The van der Waals surface area contributed by atoms with Gasteiger partial charge < -0.3 is 25.2 Å². The Hall–Kier alpha value is -3.87. The number of amides is 1. The number of aliphatic hydroxyl groups excluding tert-OH is 1. The van der Waals surface area contributed by atoms with Crippen LogP contribution in [-0.2, 0) is 17.9 Å². The van der Waals surface area contributed by atoms with Gasteiger partial charge in [0.05, 0.1) is 54.7 Å². The molecule has 1 aliphatic rings. The van der Waals surface area contributed by atoms with Crippen molar-refractivity contribution in [3.63, 3.8) is 0 Å². The van der Waals surface area contributed by atoms with Gasteiger partial charge in [-0.2, -0.15) is 0 Å². The zero-order valence-electron chi connectivity index (χ0n) is 25.3. The zero-order chi connectivity index (χ0) is 31.9. The van der Waals surface area contributed by atoms with E-state index < -0.39 is 0 Å². The second kappa shape index (κ2) is 14.9. The number of benzene rings is 2. The first-order chi connectivity index (χ1) is 21.8. The highest BCUT2D eigenvalue weighted by Crippen LogP contribution is 2.42. The Morgan fingerprint density at radius 2 is 1.49 bits per heavy atom. The quantitative estimate of drug-likeness (QED) is 0.191. The molecular formula is C32H35Cl2N7O4. The minimum Gasteiger partial charge on any atom is -0.480 e. The summed E-state index contributed by atoms with van der Waals surface area (Å²) in [6.45, 7) is 2.09. The molecule has 236 valence electrons. The van der Waals surface area contributed by atoms with Gasteiger partial charge in [0.15, 0.2) is 0 Å². The number of methoxy groups -OCH3 is 2. The summed E-state index contributed by atoms with van der Waals surface area (Å²) in [4.78, 5) is 32.0. The molecule has 1 saturated heterocycles. The highest BCUT2D eigenvalue weighted by Gasteiger charge is 2.21. The van der Waals surface area contributed by atoms with Crippen molar-refractivity contribution < 1.29 is 19.4 Å². The van der Waals surface area contributed by atoms with E-state index in [2.05, 4.69) is 25.6 Å². The Morgan fingerprint density at radius 1 is 0.933 bits per heavy atom. The average molecular weight is 653 g/mol. The smallest absolute Gasteiger partial charge is 0.237 e. The van der Waals surface area contributed by atoms with Crippen LogP contribution in [0.25, 0.3) is 33.6 Å². The van der Waals surface area contributed by atoms with Gasteiger partial charge in [0.1, 0.15) is 11.4 Å². The molecule has 1 unspecified atom stereocenters. The molecule has 0 radical (unpaired) electrons. The highest BCUT2D eigenvalue weighted by atomic mass is 35.5. The number of likely N-dealkylation sites (N-methyl/N-ethyl adjacent to an activating group) is 1. The molecule has 5 rings (SSSR count). The summed E-state index contributed by atoms with van der Waals surface area (Å²) in [5, 5.41) is 16.4. The fourth-order valence-corrected chi connectivity index (χ4v) is 5.84. The van der Waals surface area contributed by atoms with Crippen molar-refractivity contribution in [2.24, 2.45) is 0 Å². The molecule has 13 heteroatoms. The summed E-state index contributed by atoms with van der Waals surface area (Å²) < 4.78 is 11.1. The topological polar surface area (TPSA) is 135 Å². The number of ether oxygens (including phenoxy) is 2. The minimum atomic E-state index is 0.0443. The van der Waals surface area contributed by atoms with Crippen molar-refractivity contribution in [3.8, 4) is 45.4 Å². The first-order valence-electron chi connectivity index (χ1n) is 14.5. The number of nitrogens with one attached hydrogen (secondary N) is 2. The van der Waals surface area contributed by atoms with E-state index in [1.54, 1.807) is 26.6 Å². The summed E-state index contributed by atoms with van der Waals surface area (Å²) in [5.41, 5.74) is 5.18. The monoisotopic (exact) mass is 651 g/mol. The van der Waals surface area contributed by atoms with Gasteiger partial charge in [-0.3, -0.25) is 19.7 Å². The van der Waals surface area contributed by atoms with Crippen molar-refractivity contribution >= 4 is 29.1 Å². The maximum Gasteiger partial charge on any atom is 0.237 e. The lowest BCUT2D eigenvalue weighted by atomic mass is 9.98. The fourth-order valence-electron chi connectivity index (χ4n) is 5.19. The fraction of sp³-hybridized carbons (Fsp3) is 0.344. The van der Waals surface area contributed by atoms with Crippen molar-refractivity contribution in [2.75, 3.05) is 41.0 Å². The number of hydrogen-bond donors (Lipinski definition) is 3. The maximum absolute atomic E-state index is 11.5. The Labute approximate surface area is 272 Å². The third-order valence-corrected chi connectivity index (χ3v) is 8.33. The van der Waals surface area contributed by atoms with E-state index in [0.717, 1.165) is 6.42 Å². The number of hydrogen-bond acceptors (Lipinski definition) is 10. The molecule has 1 aliphatic heterocycles. The molecule has 3 heterocycles. The molecule has 2 aromatic carbocycles. The van der Waals surface area contributed by atoms with Gasteiger partial charge in [0, 0.05) is 60.9 Å². The van der Waals surface area contributed by atoms with E-state index in [1.807, 2.05) is 48.3 Å². The summed E-state index contributed by atoms with van der Waals surface area (Å²) in [6.07, 6.45) is 4.70. The molecule has 0 spiro atoms. The van der Waals surface area contributed by atoms with Crippen LogP contribution in [0.2, 0.25) is 10.0 Å². The van der Waals surface area contributed by atoms with Crippen LogP contribution in [0.4, 0.5) is 0 Å². The molecule has 0 bridgehead atoms. The van der Waals surface area contributed by atoms with E-state index in [1.165, 1.54) is 0 Å². The average Bonchev–Trinajstić information content (AvgIpc) is 3.46. The van der Waals surface area contributed by atoms with Crippen molar-refractivity contribution in [1.82, 2.24) is 35.5 Å². The second-order valence-electron chi connectivity index (χ2n) is 10.7. The van der Waals surface area contributed by atoms with Gasteiger partial charge in [-0.05, 0) is 13.5 Å². The van der Waals surface area contributed by atoms with Crippen LogP contribution in [0.5, 0.6) is 11.8 Å². The van der Waals surface area contributed by atoms with Crippen molar-refractivity contribution in [1.29, 1.82) is 0 Å². The van der Waals surface area contributed by atoms with Crippen LogP contribution >= 0.6 is 23.2 Å². The first kappa shape index (κ1) is 32.5. The van der Waals surface area contributed by atoms with E-state index in [4.69, 9.17) is 37.7 Å². The molecule has 0 saturated carbocycles. The molecule has 1 fully saturated rings. The number of aromatic nitrogens is 4. The molecule has 2 aromatic heterocycles. The van der Waals surface area contributed by atoms with Gasteiger partial charge in [0.2, 0.25) is 17.7 Å². The third-order valence-electron chi connectivity index (χ3n) is 7.52. The predicted octanol–water partition coefficient (Wildman–Crippen LogP) is 4.38. The molecule has 11 nitrogen and oxygen atoms in total. The summed E-state index contributed by atoms with van der Waals surface area (Å²) in [6, 6.07) is 11.4. The summed E-state index contributed by atoms with van der Waals surface area (Å²) in [7, 11) is 4.98. The summed E-state index contributed by atoms with van der Waals surface area (Å²) in [5.74, 6) is 0.850. The SMILES string of the molecule is COc1nc(-c2cccc(-c3cccc(-c4cnc(CN(C)CCO)c(OC)n4)c3Cl)c2Cl)cnc1CNCC1CCC(=O)N1. The first-order valence-corrected chi connectivity index (χ1v) is 15.3. The lowest BCUT2D eigenvalue weighted by Crippen LogP contribution is -2.35. The van der Waals surface area contributed by atoms with Crippen LogP contribution in [0, 0.1) is 0 Å². The van der Waals surface area contributed by atoms with Crippen LogP contribution in [0.3, 0.4) is 0 Å². The van der Waals surface area contributed by atoms with E-state index in [-0.39, 0.29) is 18.6 Å². The molecule has 45 heavy (non-hydrogen) atoms. The number of aliphatic hydroxyl groups is 1. The highest BCUT2D eigenvalue weighted by molar-refractivity contribution is 6.39. The predicted molar refractivity (Wildman–Crippen MR) is 173 cm³/mol. The number of carbonyl (C=O) groups is 1. The van der Waals surface area contributed by atoms with Gasteiger partial charge in [0.25, 0.3) is 0 Å². The van der Waals surface area contributed by atoms with Crippen LogP contribution < -0.4 is 20.1 Å². The number of halogens is 2. The largest absolute Gasteiger partial charge is 0.480 e. The lowest BCUT2D eigenvalue weighted by molar-refractivity contribution is -0.119. The lowest BCUT2D eigenvalue weighted by Gasteiger charge is -2.17. The van der Waals surface area contributed by atoms with Gasteiger partial charge in [-0.15, -0.1) is 0 Å². The molecule has 1 amide bonds. The molecule has 3 N–H and O–H groups in total. The maximum atomic E-state index is 11.5. The van der Waals surface area contributed by atoms with Crippen LogP contribution in [-0.4, -0.2) is 82.9 Å². The summed E-state index contributed by atoms with van der Waals surface area (Å²) >= 11 is 14.0. The van der Waals surface area contributed by atoms with E-state index in [0.29, 0.717) is 99.4 Å². The number of nitrogens with zero attached hydrogens (tertiary/aromatic N) is 5. The van der Waals surface area contributed by atoms with Crippen molar-refractivity contribution in [3.05, 3.63) is 70.2 Å². The van der Waals surface area contributed by atoms with E-state index >= 15 is 0 Å². The number of carbonyl (C=O) groups excluding carboxylic acids is 1. The molecule has 0 aliphatic carbocycles. The Balaban J connectivity index is 1.40. The Kier molecular flexibility index (Phi) is 10.8. The Morgan fingerprint density at radius 3 is 2.02 bits per heavy atom. The Bertz CT molecular complexity index is 1670. The molecule has 1 atom stereocenters. The van der Waals surface area contributed by atoms with Crippen LogP contribution in [0.15, 0.2) is 48.8 Å². The number of rotatable bonds is 13. The standard InChI is InChI=1S/C32H35Cl2N7O4/c1-41(12-13-42)18-27-32(45-3)40-25(17-37-27)23-9-5-7-21(30(23)34)20-6-4-8-22(29(20)33)24-16-36-26(31(39-24)44-2)15-35-14-19-10-11-28(43)38-19/h4-9,16-17,19,35,42H,10-15,18H2,1-3H3,(H,38,43). The third kappa shape index (κ3) is 7.51. The normalized spacial score (nSPS) is 14.6. The van der Waals surface area contributed by atoms with Crippen LogP contribution in [0.1, 0.15) is 24.2 Å². The van der Waals surface area contributed by atoms with Gasteiger partial charge >= 0.3 is 0 Å². The minimum absolute atomic E-state index is 0.0443. The molecule has 4 aromatic rings. The zero-order valence-corrected chi connectivity index (χ0v) is 26.8. The van der Waals surface area contributed by atoms with Gasteiger partial charge in [-0.25, -0.2) is 9.97 Å². The molecular weight excluding hydrogens is 617 g/mol.